The minimum absolute atomic E-state index is 0.201. The smallest absolute Gasteiger partial charge is 0.226 e. The first kappa shape index (κ1) is 16.8. The summed E-state index contributed by atoms with van der Waals surface area (Å²) in [5.41, 5.74) is 3.06. The number of fused-ring (bicyclic) bond motifs is 5. The summed E-state index contributed by atoms with van der Waals surface area (Å²) in [5.74, 6) is 1.27. The van der Waals surface area contributed by atoms with E-state index in [-0.39, 0.29) is 5.92 Å². The number of benzene rings is 1. The van der Waals surface area contributed by atoms with Crippen molar-refractivity contribution < 1.29 is 9.53 Å². The van der Waals surface area contributed by atoms with Crippen molar-refractivity contribution in [2.45, 2.75) is 50.6 Å². The second kappa shape index (κ2) is 6.97. The van der Waals surface area contributed by atoms with Crippen LogP contribution in [-0.2, 0) is 22.4 Å². The minimum atomic E-state index is 0.201. The van der Waals surface area contributed by atoms with E-state index < -0.39 is 0 Å². The van der Waals surface area contributed by atoms with E-state index in [1.165, 1.54) is 43.4 Å². The fourth-order valence-electron chi connectivity index (χ4n) is 5.66. The maximum absolute atomic E-state index is 13.2. The van der Waals surface area contributed by atoms with Gasteiger partial charge in [-0.2, -0.15) is 0 Å². The summed E-state index contributed by atoms with van der Waals surface area (Å²) in [5, 5.41) is 0. The van der Waals surface area contributed by atoms with Crippen molar-refractivity contribution in [3.63, 3.8) is 0 Å². The molecular weight excluding hydrogens is 324 g/mol. The first-order chi connectivity index (χ1) is 12.8. The van der Waals surface area contributed by atoms with Crippen LogP contribution < -0.4 is 0 Å². The zero-order chi connectivity index (χ0) is 17.5. The molecule has 1 amide bonds. The fourth-order valence-corrected chi connectivity index (χ4v) is 5.66. The molecule has 1 aromatic rings. The molecule has 2 bridgehead atoms. The quantitative estimate of drug-likeness (QED) is 0.818. The molecule has 4 fully saturated rings. The van der Waals surface area contributed by atoms with Crippen molar-refractivity contribution in [1.29, 1.82) is 0 Å². The van der Waals surface area contributed by atoms with Gasteiger partial charge >= 0.3 is 0 Å². The number of hydrogen-bond donors (Lipinski definition) is 0. The summed E-state index contributed by atoms with van der Waals surface area (Å²) in [6, 6.07) is 9.98. The number of ether oxygens (including phenoxy) is 1. The van der Waals surface area contributed by atoms with Crippen LogP contribution in [0.5, 0.6) is 0 Å². The Morgan fingerprint density at radius 3 is 2.35 bits per heavy atom. The average molecular weight is 354 g/mol. The molecule has 0 radical (unpaired) electrons. The molecule has 140 valence electrons. The number of piperidine rings is 1. The first-order valence-corrected chi connectivity index (χ1v) is 10.5. The highest BCUT2D eigenvalue weighted by atomic mass is 16.5. The Labute approximate surface area is 156 Å². The third kappa shape index (κ3) is 3.07. The van der Waals surface area contributed by atoms with Crippen molar-refractivity contribution in [3.05, 3.63) is 35.4 Å². The molecule has 0 unspecified atom stereocenters. The Balaban J connectivity index is 1.29. The van der Waals surface area contributed by atoms with Crippen molar-refractivity contribution in [1.82, 2.24) is 9.80 Å². The number of hydrogen-bond acceptors (Lipinski definition) is 3. The predicted molar refractivity (Wildman–Crippen MR) is 101 cm³/mol. The summed E-state index contributed by atoms with van der Waals surface area (Å²) in [6.45, 7) is 4.74. The Hall–Kier alpha value is -1.39. The monoisotopic (exact) mass is 354 g/mol. The number of amides is 1. The van der Waals surface area contributed by atoms with Crippen LogP contribution in [0.25, 0.3) is 0 Å². The maximum Gasteiger partial charge on any atom is 0.226 e. The molecule has 4 aliphatic heterocycles. The molecule has 1 aromatic carbocycles. The third-order valence-electron chi connectivity index (χ3n) is 7.14. The van der Waals surface area contributed by atoms with Gasteiger partial charge in [0.15, 0.2) is 0 Å². The van der Waals surface area contributed by atoms with E-state index in [2.05, 4.69) is 34.1 Å². The van der Waals surface area contributed by atoms with Crippen molar-refractivity contribution >= 4 is 5.91 Å². The van der Waals surface area contributed by atoms with Crippen LogP contribution in [0.1, 0.15) is 36.8 Å². The molecule has 0 spiro atoms. The largest absolute Gasteiger partial charge is 0.381 e. The average Bonchev–Trinajstić information content (AvgIpc) is 2.91. The molecule has 2 atom stereocenters. The molecule has 6 rings (SSSR count). The topological polar surface area (TPSA) is 32.8 Å². The lowest BCUT2D eigenvalue weighted by molar-refractivity contribution is -0.142. The fraction of sp³-hybridized carbons (Fsp3) is 0.682. The summed E-state index contributed by atoms with van der Waals surface area (Å²) >= 11 is 0. The highest BCUT2D eigenvalue weighted by Gasteiger charge is 2.41. The molecule has 1 aliphatic carbocycles. The highest BCUT2D eigenvalue weighted by molar-refractivity contribution is 5.79. The Bertz CT molecular complexity index is 645. The molecule has 4 heteroatoms. The van der Waals surface area contributed by atoms with Gasteiger partial charge in [-0.3, -0.25) is 9.69 Å². The van der Waals surface area contributed by atoms with Crippen LogP contribution in [0.15, 0.2) is 24.3 Å². The van der Waals surface area contributed by atoms with E-state index in [9.17, 15) is 4.79 Å². The molecule has 26 heavy (non-hydrogen) atoms. The van der Waals surface area contributed by atoms with Crippen LogP contribution in [-0.4, -0.2) is 60.6 Å². The van der Waals surface area contributed by atoms with Gasteiger partial charge in [0.05, 0.1) is 0 Å². The van der Waals surface area contributed by atoms with Crippen LogP contribution in [0.2, 0.25) is 0 Å². The summed E-state index contributed by atoms with van der Waals surface area (Å²) in [4.78, 5) is 18.1. The number of rotatable bonds is 2. The number of carbonyl (C=O) groups is 1. The van der Waals surface area contributed by atoms with Gasteiger partial charge in [-0.15, -0.1) is 0 Å². The second-order valence-corrected chi connectivity index (χ2v) is 8.76. The molecular formula is C22H30N2O2. The SMILES string of the molecule is O=C(C1CCOCC1)N1C[C@H]2CC[C@@H]1CN(C1Cc3ccccc3C1)C2. The van der Waals surface area contributed by atoms with Crippen LogP contribution in [0.3, 0.4) is 0 Å². The van der Waals surface area contributed by atoms with E-state index in [4.69, 9.17) is 4.74 Å². The van der Waals surface area contributed by atoms with Crippen LogP contribution in [0.4, 0.5) is 0 Å². The van der Waals surface area contributed by atoms with Gasteiger partial charge in [-0.25, -0.2) is 0 Å². The highest BCUT2D eigenvalue weighted by Crippen LogP contribution is 2.34. The van der Waals surface area contributed by atoms with Gasteiger partial charge in [0.2, 0.25) is 5.91 Å². The standard InChI is InChI=1S/C22H30N2O2/c25-22(17-7-9-26-10-8-17)24-14-16-5-6-20(24)15-23(13-16)21-11-18-3-1-2-4-19(18)12-21/h1-4,16-17,20-21H,5-15H2/t16-,20+/m0/s1. The summed E-state index contributed by atoms with van der Waals surface area (Å²) < 4.78 is 5.46. The van der Waals surface area contributed by atoms with Crippen molar-refractivity contribution in [2.75, 3.05) is 32.8 Å². The normalized spacial score (nSPS) is 30.4. The van der Waals surface area contributed by atoms with Crippen molar-refractivity contribution in [2.24, 2.45) is 11.8 Å². The van der Waals surface area contributed by atoms with E-state index in [0.717, 1.165) is 39.1 Å². The van der Waals surface area contributed by atoms with Gasteiger partial charge in [-0.1, -0.05) is 24.3 Å². The maximum atomic E-state index is 13.2. The predicted octanol–water partition coefficient (Wildman–Crippen LogP) is 2.50. The molecule has 0 saturated carbocycles. The van der Waals surface area contributed by atoms with Crippen molar-refractivity contribution in [3.8, 4) is 0 Å². The van der Waals surface area contributed by atoms with E-state index in [0.29, 0.717) is 23.9 Å². The lowest BCUT2D eigenvalue weighted by Gasteiger charge is -2.39. The van der Waals surface area contributed by atoms with Gasteiger partial charge in [0.1, 0.15) is 0 Å². The lowest BCUT2D eigenvalue weighted by Crippen LogP contribution is -2.50. The van der Waals surface area contributed by atoms with Gasteiger partial charge in [0, 0.05) is 50.8 Å². The van der Waals surface area contributed by atoms with E-state index in [1.807, 2.05) is 0 Å². The van der Waals surface area contributed by atoms with E-state index in [1.54, 1.807) is 0 Å². The molecule has 0 N–H and O–H groups in total. The van der Waals surface area contributed by atoms with Gasteiger partial charge in [-0.05, 0) is 55.6 Å². The zero-order valence-corrected chi connectivity index (χ0v) is 15.6. The zero-order valence-electron chi connectivity index (χ0n) is 15.6. The minimum Gasteiger partial charge on any atom is -0.381 e. The second-order valence-electron chi connectivity index (χ2n) is 8.76. The molecule has 4 heterocycles. The molecule has 4 nitrogen and oxygen atoms in total. The first-order valence-electron chi connectivity index (χ1n) is 10.5. The van der Waals surface area contributed by atoms with Crippen LogP contribution in [0, 0.1) is 11.8 Å². The molecule has 0 aromatic heterocycles. The summed E-state index contributed by atoms with van der Waals surface area (Å²) in [6.07, 6.45) is 6.67. The Morgan fingerprint density at radius 2 is 1.62 bits per heavy atom. The van der Waals surface area contributed by atoms with Gasteiger partial charge < -0.3 is 9.64 Å². The number of nitrogens with zero attached hydrogens (tertiary/aromatic N) is 2. The Kier molecular flexibility index (Phi) is 4.49. The Morgan fingerprint density at radius 1 is 0.885 bits per heavy atom. The lowest BCUT2D eigenvalue weighted by atomic mass is 9.91. The van der Waals surface area contributed by atoms with E-state index >= 15 is 0 Å². The number of carbonyl (C=O) groups excluding carboxylic acids is 1. The van der Waals surface area contributed by atoms with Gasteiger partial charge in [0.25, 0.3) is 0 Å². The summed E-state index contributed by atoms with van der Waals surface area (Å²) in [7, 11) is 0. The molecule has 5 aliphatic rings. The molecule has 4 saturated heterocycles. The van der Waals surface area contributed by atoms with Crippen LogP contribution >= 0.6 is 0 Å². The third-order valence-corrected chi connectivity index (χ3v) is 7.14.